The van der Waals surface area contributed by atoms with Gasteiger partial charge in [-0.3, -0.25) is 15.1 Å². The second-order valence-corrected chi connectivity index (χ2v) is 14.6. The molecule has 1 saturated heterocycles. The van der Waals surface area contributed by atoms with Crippen molar-refractivity contribution in [1.82, 2.24) is 4.90 Å². The highest BCUT2D eigenvalue weighted by Crippen LogP contribution is 2.13. The van der Waals surface area contributed by atoms with Gasteiger partial charge >= 0.3 is 5.97 Å². The first-order valence-corrected chi connectivity index (χ1v) is 21.8. The molecule has 0 aromatic rings. The van der Waals surface area contributed by atoms with Crippen LogP contribution in [-0.2, 0) is 19.0 Å². The van der Waals surface area contributed by atoms with E-state index in [0.29, 0.717) is 12.8 Å². The second-order valence-electron chi connectivity index (χ2n) is 14.6. The molecule has 0 aliphatic carbocycles. The van der Waals surface area contributed by atoms with Crippen LogP contribution < -0.4 is 5.73 Å². The molecule has 1 aliphatic rings. The van der Waals surface area contributed by atoms with Gasteiger partial charge in [0, 0.05) is 25.9 Å². The molecule has 1 aliphatic heterocycles. The molecule has 0 bridgehead atoms. The number of amidine groups is 1. The largest absolute Gasteiger partial charge is 0.481 e. The molecule has 1 rings (SSSR count). The third kappa shape index (κ3) is 31.2. The van der Waals surface area contributed by atoms with E-state index in [1.54, 1.807) is 0 Å². The van der Waals surface area contributed by atoms with E-state index in [1.807, 2.05) is 0 Å². The van der Waals surface area contributed by atoms with Crippen LogP contribution in [0, 0.1) is 11.3 Å². The number of rotatable bonds is 35. The number of esters is 1. The van der Waals surface area contributed by atoms with E-state index in [2.05, 4.69) is 91.4 Å². The van der Waals surface area contributed by atoms with Crippen LogP contribution >= 0.6 is 0 Å². The van der Waals surface area contributed by atoms with E-state index in [-0.39, 0.29) is 49.7 Å². The summed E-state index contributed by atoms with van der Waals surface area (Å²) >= 11 is 0. The van der Waals surface area contributed by atoms with E-state index >= 15 is 0 Å². The van der Waals surface area contributed by atoms with Gasteiger partial charge < -0.3 is 19.9 Å². The molecular formula is C46H80N4O4. The number of nitrogens with zero attached hydrogens (tertiary/aromatic N) is 2. The number of unbranched alkanes of at least 4 members (excludes halogenated alkanes) is 13. The lowest BCUT2D eigenvalue weighted by Crippen LogP contribution is -2.50. The molecule has 0 aromatic carbocycles. The maximum absolute atomic E-state index is 12.6. The highest BCUT2D eigenvalue weighted by Gasteiger charge is 2.25. The summed E-state index contributed by atoms with van der Waals surface area (Å²) in [6.07, 6.45) is 46.1. The van der Waals surface area contributed by atoms with E-state index in [4.69, 9.17) is 25.4 Å². The number of ether oxygens (including phenoxy) is 3. The Labute approximate surface area is 331 Å². The van der Waals surface area contributed by atoms with E-state index in [9.17, 15) is 4.79 Å². The summed E-state index contributed by atoms with van der Waals surface area (Å²) in [6.45, 7) is 9.96. The summed E-state index contributed by atoms with van der Waals surface area (Å²) in [4.78, 5) is 19.3. The van der Waals surface area contributed by atoms with E-state index in [1.165, 1.54) is 57.8 Å². The lowest BCUT2D eigenvalue weighted by Gasteiger charge is -2.35. The van der Waals surface area contributed by atoms with Crippen molar-refractivity contribution < 1.29 is 19.0 Å². The molecule has 0 radical (unpaired) electrons. The van der Waals surface area contributed by atoms with Gasteiger partial charge in [-0.2, -0.15) is 0 Å². The van der Waals surface area contributed by atoms with Gasteiger partial charge in [0.05, 0.1) is 18.6 Å². The van der Waals surface area contributed by atoms with Crippen molar-refractivity contribution in [2.45, 2.75) is 168 Å². The molecule has 54 heavy (non-hydrogen) atoms. The van der Waals surface area contributed by atoms with Crippen LogP contribution in [0.3, 0.4) is 0 Å². The van der Waals surface area contributed by atoms with Crippen LogP contribution in [0.15, 0.2) is 65.8 Å². The number of likely N-dealkylation sites (N-methyl/N-ethyl adjacent to an activating group) is 1. The quantitative estimate of drug-likeness (QED) is 0.0219. The Bertz CT molecular complexity index is 1090. The Morgan fingerprint density at radius 2 is 1.13 bits per heavy atom. The maximum atomic E-state index is 12.6. The molecule has 8 nitrogen and oxygen atoms in total. The normalized spacial score (nSPS) is 15.0. The summed E-state index contributed by atoms with van der Waals surface area (Å²) in [5.41, 5.74) is 6.08. The molecule has 1 unspecified atom stereocenters. The van der Waals surface area contributed by atoms with Crippen LogP contribution in [0.1, 0.15) is 162 Å². The first kappa shape index (κ1) is 48.9. The van der Waals surface area contributed by atoms with E-state index < -0.39 is 0 Å². The number of carbonyl (C=O) groups excluding carboxylic acids is 1. The van der Waals surface area contributed by atoms with Crippen LogP contribution in [0.5, 0.6) is 0 Å². The minimum absolute atomic E-state index is 0.162. The Morgan fingerprint density at radius 1 is 0.648 bits per heavy atom. The van der Waals surface area contributed by atoms with Crippen LogP contribution in [-0.4, -0.2) is 68.3 Å². The third-order valence-corrected chi connectivity index (χ3v) is 9.52. The SMILES string of the molecule is CC/C=C\C/C=C\C/C=C\CCCCCCCC(=N)OCC(COC(=O)CCCCCCC/C=C\C/C=C\CCCCC)COC(N)=NC1CN(CC)C1. The summed E-state index contributed by atoms with van der Waals surface area (Å²) < 4.78 is 17.2. The molecule has 3 N–H and O–H groups in total. The average Bonchev–Trinajstić information content (AvgIpc) is 3.15. The monoisotopic (exact) mass is 753 g/mol. The molecule has 0 spiro atoms. The fraction of sp³-hybridized carbons (Fsp3) is 0.717. The predicted molar refractivity (Wildman–Crippen MR) is 230 cm³/mol. The minimum Gasteiger partial charge on any atom is -0.481 e. The molecule has 0 saturated carbocycles. The Kier molecular flexibility index (Phi) is 33.3. The van der Waals surface area contributed by atoms with Gasteiger partial charge in [0.2, 0.25) is 0 Å². The molecule has 0 amide bonds. The lowest BCUT2D eigenvalue weighted by molar-refractivity contribution is -0.145. The van der Waals surface area contributed by atoms with Crippen molar-refractivity contribution in [2.24, 2.45) is 16.6 Å². The molecule has 308 valence electrons. The highest BCUT2D eigenvalue weighted by atomic mass is 16.5. The zero-order valence-electron chi connectivity index (χ0n) is 34.8. The van der Waals surface area contributed by atoms with Gasteiger partial charge in [-0.15, -0.1) is 0 Å². The van der Waals surface area contributed by atoms with Crippen molar-refractivity contribution in [3.63, 3.8) is 0 Å². The summed E-state index contributed by atoms with van der Waals surface area (Å²) in [5.74, 6) is -0.157. The highest BCUT2D eigenvalue weighted by molar-refractivity contribution is 5.72. The Balaban J connectivity index is 2.26. The summed E-state index contributed by atoms with van der Waals surface area (Å²) in [6, 6.07) is 0.325. The summed E-state index contributed by atoms with van der Waals surface area (Å²) in [5, 5.41) is 8.34. The van der Waals surface area contributed by atoms with Crippen LogP contribution in [0.25, 0.3) is 0 Å². The predicted octanol–water partition coefficient (Wildman–Crippen LogP) is 11.6. The van der Waals surface area contributed by atoms with Gasteiger partial charge in [-0.25, -0.2) is 4.99 Å². The fourth-order valence-electron chi connectivity index (χ4n) is 6.01. The molecule has 1 atom stereocenters. The number of likely N-dealkylation sites (tertiary alicyclic amines) is 1. The molecule has 1 heterocycles. The first-order chi connectivity index (χ1) is 26.5. The summed E-state index contributed by atoms with van der Waals surface area (Å²) in [7, 11) is 0. The second kappa shape index (κ2) is 36.8. The number of allylic oxidation sites excluding steroid dienone is 10. The lowest BCUT2D eigenvalue weighted by atomic mass is 10.1. The molecule has 8 heteroatoms. The smallest absolute Gasteiger partial charge is 0.305 e. The van der Waals surface area contributed by atoms with Crippen molar-refractivity contribution in [1.29, 1.82) is 5.41 Å². The molecule has 0 aromatic heterocycles. The first-order valence-electron chi connectivity index (χ1n) is 21.8. The maximum Gasteiger partial charge on any atom is 0.305 e. The van der Waals surface area contributed by atoms with Gasteiger partial charge in [-0.1, -0.05) is 133 Å². The van der Waals surface area contributed by atoms with Crippen molar-refractivity contribution >= 4 is 17.9 Å². The third-order valence-electron chi connectivity index (χ3n) is 9.52. The van der Waals surface area contributed by atoms with Crippen molar-refractivity contribution in [2.75, 3.05) is 39.5 Å². The number of hydrogen-bond acceptors (Lipinski definition) is 7. The van der Waals surface area contributed by atoms with E-state index in [0.717, 1.165) is 90.3 Å². The van der Waals surface area contributed by atoms with Crippen LogP contribution in [0.4, 0.5) is 0 Å². The van der Waals surface area contributed by atoms with Crippen molar-refractivity contribution in [3.8, 4) is 0 Å². The van der Waals surface area contributed by atoms with Crippen molar-refractivity contribution in [3.05, 3.63) is 60.8 Å². The number of aliphatic imine (C=N–C) groups is 1. The van der Waals surface area contributed by atoms with Crippen LogP contribution in [0.2, 0.25) is 0 Å². The number of nitrogens with one attached hydrogen (secondary N) is 1. The fourth-order valence-corrected chi connectivity index (χ4v) is 6.01. The van der Waals surface area contributed by atoms with Gasteiger partial charge in [0.1, 0.15) is 13.2 Å². The molecule has 1 fully saturated rings. The zero-order chi connectivity index (χ0) is 39.2. The van der Waals surface area contributed by atoms with Gasteiger partial charge in [0.15, 0.2) is 5.90 Å². The average molecular weight is 753 g/mol. The Hall–Kier alpha value is -3.13. The number of hydrogen-bond donors (Lipinski definition) is 2. The Morgan fingerprint density at radius 3 is 1.70 bits per heavy atom. The number of nitrogens with two attached hydrogens (primary N) is 1. The van der Waals surface area contributed by atoms with Gasteiger partial charge in [0.25, 0.3) is 6.02 Å². The minimum atomic E-state index is -0.234. The standard InChI is InChI=1S/C46H80N4O4/c1-4-7-9-11-13-15-17-19-21-23-25-27-29-31-33-35-44(47)52-39-42(41-54-46(48)49-43-37-50(6-3)38-43)40-53-45(51)36-34-32-30-28-26-24-22-20-18-16-14-12-10-8-5-2/h7,9,13-16,19-22,42-43,47H,4-6,8,10-12,17-18,23-41H2,1-3H3,(H2,48,49)/b9-7-,15-13-,16-14-,21-19-,22-20-,47-44?. The zero-order valence-corrected chi connectivity index (χ0v) is 34.8. The topological polar surface area (TPSA) is 110 Å². The molecular weight excluding hydrogens is 673 g/mol. The van der Waals surface area contributed by atoms with Gasteiger partial charge in [-0.05, 0) is 83.6 Å². The number of carbonyl (C=O) groups is 1.